The van der Waals surface area contributed by atoms with Gasteiger partial charge in [0.05, 0.1) is 10.7 Å². The van der Waals surface area contributed by atoms with Gasteiger partial charge in [-0.1, -0.05) is 19.3 Å². The van der Waals surface area contributed by atoms with Gasteiger partial charge in [0.1, 0.15) is 5.54 Å². The zero-order valence-corrected chi connectivity index (χ0v) is 12.2. The molecule has 1 amide bonds. The lowest BCUT2D eigenvalue weighted by molar-refractivity contribution is -0.148. The molecule has 108 valence electrons. The fraction of sp³-hybridized carbons (Fsp3) is 0.500. The van der Waals surface area contributed by atoms with E-state index in [0.29, 0.717) is 12.8 Å². The van der Waals surface area contributed by atoms with E-state index in [-0.39, 0.29) is 5.91 Å². The van der Waals surface area contributed by atoms with Gasteiger partial charge in [-0.2, -0.15) is 0 Å². The van der Waals surface area contributed by atoms with Crippen molar-refractivity contribution in [2.24, 2.45) is 0 Å². The fourth-order valence-electron chi connectivity index (χ4n) is 2.44. The number of carboxylic acid groups (broad SMARTS) is 1. The van der Waals surface area contributed by atoms with Gasteiger partial charge in [0, 0.05) is 11.5 Å². The molecule has 20 heavy (non-hydrogen) atoms. The van der Waals surface area contributed by atoms with Gasteiger partial charge in [0.25, 0.3) is 0 Å². The highest BCUT2D eigenvalue weighted by Crippen LogP contribution is 2.28. The maximum atomic E-state index is 11.9. The van der Waals surface area contributed by atoms with E-state index in [1.54, 1.807) is 6.08 Å². The minimum atomic E-state index is -1.10. The molecule has 1 saturated carbocycles. The van der Waals surface area contributed by atoms with Gasteiger partial charge in [0.15, 0.2) is 0 Å². The lowest BCUT2D eigenvalue weighted by atomic mass is 9.81. The quantitative estimate of drug-likeness (QED) is 0.836. The van der Waals surface area contributed by atoms with Crippen molar-refractivity contribution in [1.82, 2.24) is 10.3 Å². The third-order valence-corrected chi connectivity index (χ3v) is 4.31. The molecule has 1 aliphatic rings. The number of thiazole rings is 1. The molecule has 0 aliphatic heterocycles. The van der Waals surface area contributed by atoms with E-state index in [1.165, 1.54) is 17.4 Å². The van der Waals surface area contributed by atoms with Crippen LogP contribution in [0.15, 0.2) is 11.5 Å². The van der Waals surface area contributed by atoms with Gasteiger partial charge >= 0.3 is 5.97 Å². The van der Waals surface area contributed by atoms with Crippen LogP contribution in [0.25, 0.3) is 6.08 Å². The van der Waals surface area contributed by atoms with Gasteiger partial charge in [-0.05, 0) is 25.8 Å². The Morgan fingerprint density at radius 1 is 1.40 bits per heavy atom. The number of hydrogen-bond acceptors (Lipinski definition) is 4. The average Bonchev–Trinajstić information content (AvgIpc) is 2.83. The molecular weight excluding hydrogens is 276 g/mol. The average molecular weight is 294 g/mol. The third kappa shape index (κ3) is 3.45. The van der Waals surface area contributed by atoms with Crippen LogP contribution in [0.4, 0.5) is 0 Å². The highest BCUT2D eigenvalue weighted by atomic mass is 32.1. The number of aryl methyl sites for hydroxylation is 1. The number of aromatic nitrogens is 1. The second-order valence-electron chi connectivity index (χ2n) is 5.06. The molecule has 6 heteroatoms. The van der Waals surface area contributed by atoms with Gasteiger partial charge in [-0.3, -0.25) is 4.79 Å². The highest BCUT2D eigenvalue weighted by molar-refractivity contribution is 7.09. The molecule has 0 radical (unpaired) electrons. The topological polar surface area (TPSA) is 79.3 Å². The first-order valence-electron chi connectivity index (χ1n) is 6.68. The first-order chi connectivity index (χ1) is 9.52. The third-order valence-electron chi connectivity index (χ3n) is 3.52. The van der Waals surface area contributed by atoms with E-state index in [0.717, 1.165) is 30.0 Å². The summed E-state index contributed by atoms with van der Waals surface area (Å²) in [6.07, 6.45) is 6.66. The normalized spacial score (nSPS) is 18.1. The summed E-state index contributed by atoms with van der Waals surface area (Å²) in [5.41, 5.74) is -0.381. The monoisotopic (exact) mass is 294 g/mol. The largest absolute Gasteiger partial charge is 0.480 e. The SMILES string of the molecule is Cc1nc(/C=C\C(=O)NC2(C(=O)O)CCCCC2)cs1. The standard InChI is InChI=1S/C14H18N2O3S/c1-10-15-11(9-20-10)5-6-12(17)16-14(13(18)19)7-3-2-4-8-14/h5-6,9H,2-4,7-8H2,1H3,(H,16,17)(H,18,19)/b6-5-. The Hall–Kier alpha value is -1.69. The summed E-state index contributed by atoms with van der Waals surface area (Å²) in [6, 6.07) is 0. The van der Waals surface area contributed by atoms with Gasteiger partial charge in [-0.15, -0.1) is 11.3 Å². The second-order valence-corrected chi connectivity index (χ2v) is 6.12. The van der Waals surface area contributed by atoms with Crippen molar-refractivity contribution in [1.29, 1.82) is 0 Å². The van der Waals surface area contributed by atoms with Crippen LogP contribution >= 0.6 is 11.3 Å². The minimum Gasteiger partial charge on any atom is -0.480 e. The van der Waals surface area contributed by atoms with Crippen molar-refractivity contribution < 1.29 is 14.7 Å². The van der Waals surface area contributed by atoms with Crippen LogP contribution in [-0.2, 0) is 9.59 Å². The zero-order chi connectivity index (χ0) is 14.6. The molecule has 0 atom stereocenters. The molecule has 1 fully saturated rings. The van der Waals surface area contributed by atoms with Crippen molar-refractivity contribution in [3.63, 3.8) is 0 Å². The van der Waals surface area contributed by atoms with Crippen LogP contribution in [0.2, 0.25) is 0 Å². The first-order valence-corrected chi connectivity index (χ1v) is 7.56. The molecule has 1 heterocycles. The summed E-state index contributed by atoms with van der Waals surface area (Å²) in [4.78, 5) is 27.6. The van der Waals surface area contributed by atoms with E-state index in [2.05, 4.69) is 10.3 Å². The Morgan fingerprint density at radius 2 is 2.10 bits per heavy atom. The van der Waals surface area contributed by atoms with Crippen molar-refractivity contribution in [2.75, 3.05) is 0 Å². The number of carbonyl (C=O) groups is 2. The predicted octanol–water partition coefficient (Wildman–Crippen LogP) is 2.37. The van der Waals surface area contributed by atoms with E-state index >= 15 is 0 Å². The van der Waals surface area contributed by atoms with Gasteiger partial charge in [0.2, 0.25) is 5.91 Å². The molecular formula is C14H18N2O3S. The van der Waals surface area contributed by atoms with Crippen LogP contribution in [0.5, 0.6) is 0 Å². The van der Waals surface area contributed by atoms with Crippen LogP contribution in [0.3, 0.4) is 0 Å². The van der Waals surface area contributed by atoms with Crippen LogP contribution in [-0.4, -0.2) is 27.5 Å². The summed E-state index contributed by atoms with van der Waals surface area (Å²) in [5, 5.41) is 14.8. The lowest BCUT2D eigenvalue weighted by Gasteiger charge is -2.33. The van der Waals surface area contributed by atoms with E-state index in [1.807, 2.05) is 12.3 Å². The molecule has 0 spiro atoms. The van der Waals surface area contributed by atoms with Gasteiger partial charge < -0.3 is 10.4 Å². The fourth-order valence-corrected chi connectivity index (χ4v) is 3.02. The molecule has 5 nitrogen and oxygen atoms in total. The van der Waals surface area contributed by atoms with E-state index in [9.17, 15) is 14.7 Å². The summed E-state index contributed by atoms with van der Waals surface area (Å²) in [7, 11) is 0. The van der Waals surface area contributed by atoms with Gasteiger partial charge in [-0.25, -0.2) is 9.78 Å². The van der Waals surface area contributed by atoms with Crippen LogP contribution < -0.4 is 5.32 Å². The first kappa shape index (κ1) is 14.7. The number of amides is 1. The number of nitrogens with zero attached hydrogens (tertiary/aromatic N) is 1. The Labute approximate surface area is 121 Å². The van der Waals surface area contributed by atoms with Crippen molar-refractivity contribution in [3.8, 4) is 0 Å². The number of hydrogen-bond donors (Lipinski definition) is 2. The van der Waals surface area contributed by atoms with Crippen LogP contribution in [0.1, 0.15) is 42.8 Å². The molecule has 0 saturated heterocycles. The Morgan fingerprint density at radius 3 is 2.65 bits per heavy atom. The molecule has 1 aliphatic carbocycles. The Bertz CT molecular complexity index is 530. The van der Waals surface area contributed by atoms with Crippen molar-refractivity contribution >= 4 is 29.3 Å². The summed E-state index contributed by atoms with van der Waals surface area (Å²) < 4.78 is 0. The number of carboxylic acids is 1. The molecule has 0 aromatic carbocycles. The molecule has 0 unspecified atom stereocenters. The lowest BCUT2D eigenvalue weighted by Crippen LogP contribution is -2.55. The molecule has 2 rings (SSSR count). The van der Waals surface area contributed by atoms with E-state index in [4.69, 9.17) is 0 Å². The maximum Gasteiger partial charge on any atom is 0.329 e. The van der Waals surface area contributed by atoms with Crippen LogP contribution in [0, 0.1) is 6.92 Å². The summed E-state index contributed by atoms with van der Waals surface area (Å²) in [5.74, 6) is -1.32. The Kier molecular flexibility index (Phi) is 4.54. The smallest absolute Gasteiger partial charge is 0.329 e. The Balaban J connectivity index is 2.01. The highest BCUT2D eigenvalue weighted by Gasteiger charge is 2.40. The predicted molar refractivity (Wildman–Crippen MR) is 77.5 cm³/mol. The number of aliphatic carboxylic acids is 1. The summed E-state index contributed by atoms with van der Waals surface area (Å²) in [6.45, 7) is 1.89. The summed E-state index contributed by atoms with van der Waals surface area (Å²) >= 11 is 1.51. The molecule has 1 aromatic rings. The van der Waals surface area contributed by atoms with Crippen molar-refractivity contribution in [3.05, 3.63) is 22.2 Å². The van der Waals surface area contributed by atoms with Crippen molar-refractivity contribution in [2.45, 2.75) is 44.6 Å². The molecule has 1 aromatic heterocycles. The van der Waals surface area contributed by atoms with E-state index < -0.39 is 11.5 Å². The number of rotatable bonds is 4. The number of carbonyl (C=O) groups excluding carboxylic acids is 1. The zero-order valence-electron chi connectivity index (χ0n) is 11.4. The maximum absolute atomic E-state index is 11.9. The molecule has 2 N–H and O–H groups in total. The number of nitrogens with one attached hydrogen (secondary N) is 1. The molecule has 0 bridgehead atoms. The second kappa shape index (κ2) is 6.17. The minimum absolute atomic E-state index is 0.375.